The molecular formula is C22H26N2O7S2. The third-order valence-corrected chi connectivity index (χ3v) is 9.10. The van der Waals surface area contributed by atoms with Gasteiger partial charge in [-0.25, -0.2) is 21.6 Å². The lowest BCUT2D eigenvalue weighted by Gasteiger charge is -2.26. The topological polar surface area (TPSA) is 118 Å². The first-order chi connectivity index (χ1) is 15.6. The molecule has 1 atom stereocenters. The summed E-state index contributed by atoms with van der Waals surface area (Å²) in [6.07, 6.45) is 0.336. The second kappa shape index (κ2) is 9.92. The molecule has 33 heavy (non-hydrogen) atoms. The van der Waals surface area contributed by atoms with Crippen LogP contribution in [0.25, 0.3) is 0 Å². The Morgan fingerprint density at radius 2 is 1.70 bits per heavy atom. The van der Waals surface area contributed by atoms with Crippen LogP contribution in [0.15, 0.2) is 59.5 Å². The Kier molecular flexibility index (Phi) is 7.43. The van der Waals surface area contributed by atoms with Crippen molar-refractivity contribution in [2.24, 2.45) is 0 Å². The zero-order valence-electron chi connectivity index (χ0n) is 18.4. The molecule has 0 aromatic heterocycles. The molecule has 1 saturated heterocycles. The Morgan fingerprint density at radius 1 is 1.06 bits per heavy atom. The average molecular weight is 495 g/mol. The van der Waals surface area contributed by atoms with E-state index in [1.807, 2.05) is 0 Å². The summed E-state index contributed by atoms with van der Waals surface area (Å²) in [6, 6.07) is 13.6. The number of anilines is 1. The summed E-state index contributed by atoms with van der Waals surface area (Å²) in [5.41, 5.74) is 0.223. The van der Waals surface area contributed by atoms with Crippen molar-refractivity contribution in [3.63, 3.8) is 0 Å². The molecule has 0 spiro atoms. The molecule has 178 valence electrons. The molecule has 9 nitrogen and oxygen atoms in total. The first kappa shape index (κ1) is 24.7. The van der Waals surface area contributed by atoms with Crippen LogP contribution in [0.1, 0.15) is 23.7 Å². The normalized spacial score (nSPS) is 17.3. The maximum absolute atomic E-state index is 13.2. The fourth-order valence-corrected chi connectivity index (χ4v) is 6.84. The lowest BCUT2D eigenvalue weighted by Crippen LogP contribution is -2.43. The predicted molar refractivity (Wildman–Crippen MR) is 123 cm³/mol. The molecule has 2 aromatic rings. The average Bonchev–Trinajstić information content (AvgIpc) is 3.17. The van der Waals surface area contributed by atoms with Crippen LogP contribution in [0, 0.1) is 0 Å². The highest BCUT2D eigenvalue weighted by Crippen LogP contribution is 2.25. The summed E-state index contributed by atoms with van der Waals surface area (Å²) in [5, 5.41) is 0. The van der Waals surface area contributed by atoms with Crippen LogP contribution >= 0.6 is 0 Å². The number of ether oxygens (including phenoxy) is 1. The summed E-state index contributed by atoms with van der Waals surface area (Å²) in [4.78, 5) is 26.5. The second-order valence-corrected chi connectivity index (χ2v) is 11.8. The summed E-state index contributed by atoms with van der Waals surface area (Å²) in [7, 11) is -5.89. The van der Waals surface area contributed by atoms with Gasteiger partial charge in [0, 0.05) is 19.6 Å². The highest BCUT2D eigenvalue weighted by molar-refractivity contribution is 7.93. The van der Waals surface area contributed by atoms with E-state index in [4.69, 9.17) is 4.74 Å². The molecule has 0 N–H and O–H groups in total. The highest BCUT2D eigenvalue weighted by atomic mass is 32.2. The Hall–Kier alpha value is -2.92. The minimum Gasteiger partial charge on any atom is -0.452 e. The lowest BCUT2D eigenvalue weighted by atomic mass is 10.2. The number of rotatable bonds is 8. The molecule has 0 saturated carbocycles. The number of amides is 1. The molecule has 1 fully saturated rings. The van der Waals surface area contributed by atoms with Gasteiger partial charge in [-0.05, 0) is 37.6 Å². The van der Waals surface area contributed by atoms with Crippen molar-refractivity contribution in [1.82, 2.24) is 4.90 Å². The number of hydrogen-bond acceptors (Lipinski definition) is 7. The molecule has 1 aliphatic rings. The van der Waals surface area contributed by atoms with Crippen molar-refractivity contribution < 1.29 is 31.2 Å². The molecule has 0 bridgehead atoms. The van der Waals surface area contributed by atoms with Crippen LogP contribution < -0.4 is 4.31 Å². The SMILES string of the molecule is CCN(C(=O)COC(=O)c1ccccc1S(=O)(=O)N(C)c1ccccc1)C1CCS(=O)(=O)C1. The van der Waals surface area contributed by atoms with E-state index in [1.54, 1.807) is 37.3 Å². The Morgan fingerprint density at radius 3 is 2.30 bits per heavy atom. The van der Waals surface area contributed by atoms with Crippen LogP contribution in [0.4, 0.5) is 5.69 Å². The van der Waals surface area contributed by atoms with Crippen LogP contribution in [0.5, 0.6) is 0 Å². The summed E-state index contributed by atoms with van der Waals surface area (Å²) in [5.74, 6) is -1.59. The van der Waals surface area contributed by atoms with Crippen LogP contribution in [0.2, 0.25) is 0 Å². The number of carbonyl (C=O) groups excluding carboxylic acids is 2. The minimum atomic E-state index is -4.08. The van der Waals surface area contributed by atoms with Crippen LogP contribution in [-0.4, -0.2) is 71.4 Å². The largest absolute Gasteiger partial charge is 0.452 e. The third kappa shape index (κ3) is 5.53. The van der Waals surface area contributed by atoms with E-state index in [-0.39, 0.29) is 28.5 Å². The quantitative estimate of drug-likeness (QED) is 0.513. The van der Waals surface area contributed by atoms with Gasteiger partial charge in [0.2, 0.25) is 0 Å². The number of sulfonamides is 1. The minimum absolute atomic E-state index is 0.0153. The van der Waals surface area contributed by atoms with Gasteiger partial charge in [0.25, 0.3) is 15.9 Å². The Bertz CT molecular complexity index is 1230. The van der Waals surface area contributed by atoms with E-state index in [0.717, 1.165) is 4.31 Å². The number of esters is 1. The maximum atomic E-state index is 13.2. The Balaban J connectivity index is 1.76. The van der Waals surface area contributed by atoms with Gasteiger partial charge < -0.3 is 9.64 Å². The van der Waals surface area contributed by atoms with Gasteiger partial charge in [-0.2, -0.15) is 0 Å². The van der Waals surface area contributed by atoms with Gasteiger partial charge in [-0.1, -0.05) is 30.3 Å². The number of carbonyl (C=O) groups is 2. The van der Waals surface area contributed by atoms with Gasteiger partial charge in [-0.3, -0.25) is 9.10 Å². The number of nitrogens with zero attached hydrogens (tertiary/aromatic N) is 2. The van der Waals surface area contributed by atoms with Gasteiger partial charge in [0.15, 0.2) is 16.4 Å². The van der Waals surface area contributed by atoms with Crippen molar-refractivity contribution in [1.29, 1.82) is 0 Å². The van der Waals surface area contributed by atoms with Crippen LogP contribution in [0.3, 0.4) is 0 Å². The number of para-hydroxylation sites is 1. The number of sulfone groups is 1. The van der Waals surface area contributed by atoms with Gasteiger partial charge in [0.1, 0.15) is 4.90 Å². The zero-order valence-corrected chi connectivity index (χ0v) is 20.0. The third-order valence-electron chi connectivity index (χ3n) is 5.50. The fraction of sp³-hybridized carbons (Fsp3) is 0.364. The van der Waals surface area contributed by atoms with E-state index in [2.05, 4.69) is 0 Å². The van der Waals surface area contributed by atoms with Crippen LogP contribution in [-0.2, 0) is 29.4 Å². The maximum Gasteiger partial charge on any atom is 0.340 e. The highest BCUT2D eigenvalue weighted by Gasteiger charge is 2.34. The zero-order chi connectivity index (χ0) is 24.2. The van der Waals surface area contributed by atoms with Crippen molar-refractivity contribution in [2.45, 2.75) is 24.3 Å². The summed E-state index contributed by atoms with van der Waals surface area (Å²) >= 11 is 0. The number of likely N-dealkylation sites (N-methyl/N-ethyl adjacent to an activating group) is 1. The van der Waals surface area contributed by atoms with Crippen molar-refractivity contribution in [3.8, 4) is 0 Å². The molecule has 3 rings (SSSR count). The summed E-state index contributed by atoms with van der Waals surface area (Å²) < 4.78 is 56.0. The predicted octanol–water partition coefficient (Wildman–Crippen LogP) is 1.70. The van der Waals surface area contributed by atoms with Gasteiger partial charge in [-0.15, -0.1) is 0 Å². The van der Waals surface area contributed by atoms with Gasteiger partial charge in [0.05, 0.1) is 22.8 Å². The molecule has 0 aliphatic carbocycles. The smallest absolute Gasteiger partial charge is 0.340 e. The standard InChI is InChI=1S/C22H26N2O7S2/c1-3-24(18-13-14-32(27,28)16-18)21(25)15-31-22(26)19-11-7-8-12-20(19)33(29,30)23(2)17-9-5-4-6-10-17/h4-12,18H,3,13-16H2,1-2H3. The first-order valence-corrected chi connectivity index (χ1v) is 13.6. The molecule has 11 heteroatoms. The monoisotopic (exact) mass is 494 g/mol. The van der Waals surface area contributed by atoms with E-state index in [0.29, 0.717) is 12.1 Å². The van der Waals surface area contributed by atoms with E-state index >= 15 is 0 Å². The van der Waals surface area contributed by atoms with E-state index in [9.17, 15) is 26.4 Å². The molecular weight excluding hydrogens is 468 g/mol. The number of benzene rings is 2. The van der Waals surface area contributed by atoms with E-state index in [1.165, 1.54) is 36.2 Å². The molecule has 1 unspecified atom stereocenters. The van der Waals surface area contributed by atoms with Crippen molar-refractivity contribution in [3.05, 3.63) is 60.2 Å². The second-order valence-electron chi connectivity index (χ2n) is 7.62. The fourth-order valence-electron chi connectivity index (χ4n) is 3.73. The molecule has 1 aliphatic heterocycles. The molecule has 1 amide bonds. The van der Waals surface area contributed by atoms with Crippen molar-refractivity contribution in [2.75, 3.05) is 36.0 Å². The lowest BCUT2D eigenvalue weighted by molar-refractivity contribution is -0.136. The summed E-state index contributed by atoms with van der Waals surface area (Å²) in [6.45, 7) is 1.36. The molecule has 1 heterocycles. The van der Waals surface area contributed by atoms with Crippen molar-refractivity contribution >= 4 is 37.4 Å². The van der Waals surface area contributed by atoms with Gasteiger partial charge >= 0.3 is 5.97 Å². The van der Waals surface area contributed by atoms with E-state index < -0.39 is 44.4 Å². The molecule has 0 radical (unpaired) electrons. The first-order valence-electron chi connectivity index (χ1n) is 10.4. The number of hydrogen-bond donors (Lipinski definition) is 0. The Labute approximate surface area is 193 Å². The molecule has 2 aromatic carbocycles.